The summed E-state index contributed by atoms with van der Waals surface area (Å²) in [6, 6.07) is 24.4. The Morgan fingerprint density at radius 1 is 0.833 bits per heavy atom. The van der Waals surface area contributed by atoms with Gasteiger partial charge in [-0.2, -0.15) is 0 Å². The zero-order valence-electron chi connectivity index (χ0n) is 24.0. The summed E-state index contributed by atoms with van der Waals surface area (Å²) in [4.78, 5) is 34.3. The summed E-state index contributed by atoms with van der Waals surface area (Å²) < 4.78 is 2.14. The van der Waals surface area contributed by atoms with Crippen LogP contribution in [0.1, 0.15) is 68.9 Å². The number of hydrogen-bond acceptors (Lipinski definition) is 7. The van der Waals surface area contributed by atoms with Gasteiger partial charge in [0.1, 0.15) is 5.71 Å². The predicted molar refractivity (Wildman–Crippen MR) is 170 cm³/mol. The highest BCUT2D eigenvalue weighted by Crippen LogP contribution is 2.33. The Kier molecular flexibility index (Phi) is 9.24. The fraction of sp³-hybridized carbons (Fsp3) is 0.235. The highest BCUT2D eigenvalue weighted by atomic mass is 32.1. The van der Waals surface area contributed by atoms with E-state index in [1.807, 2.05) is 53.9 Å². The van der Waals surface area contributed by atoms with Crippen LogP contribution in [0.25, 0.3) is 27.4 Å². The third-order valence-electron chi connectivity index (χ3n) is 7.00. The maximum atomic E-state index is 11.7. The normalized spacial score (nSPS) is 12.2. The molecular formula is C34H33N3O4S. The van der Waals surface area contributed by atoms with E-state index in [1.54, 1.807) is 0 Å². The molecule has 214 valence electrons. The Labute approximate surface area is 249 Å². The molecule has 5 rings (SSSR count). The summed E-state index contributed by atoms with van der Waals surface area (Å²) in [5.74, 6) is -0.914. The van der Waals surface area contributed by atoms with Crippen LogP contribution in [0.5, 0.6) is 0 Å². The molecule has 8 heteroatoms. The second-order valence-electron chi connectivity index (χ2n) is 10.1. The van der Waals surface area contributed by atoms with Gasteiger partial charge in [0.15, 0.2) is 0 Å². The number of benzene rings is 3. The summed E-state index contributed by atoms with van der Waals surface area (Å²) >= 11 is 1.53. The smallest absolute Gasteiger partial charge is 0.318 e. The number of oxime groups is 2. The molecule has 0 spiro atoms. The van der Waals surface area contributed by atoms with Crippen LogP contribution in [0.15, 0.2) is 94.7 Å². The topological polar surface area (TPSA) is 82.2 Å². The van der Waals surface area contributed by atoms with Crippen molar-refractivity contribution < 1.29 is 19.3 Å². The van der Waals surface area contributed by atoms with Gasteiger partial charge in [-0.05, 0) is 53.3 Å². The van der Waals surface area contributed by atoms with Crippen LogP contribution >= 0.6 is 11.3 Å². The third kappa shape index (κ3) is 6.50. The van der Waals surface area contributed by atoms with Gasteiger partial charge in [-0.3, -0.25) is 0 Å². The van der Waals surface area contributed by atoms with Gasteiger partial charge >= 0.3 is 11.9 Å². The van der Waals surface area contributed by atoms with E-state index in [1.165, 1.54) is 25.2 Å². The Balaban J connectivity index is 1.62. The molecule has 0 saturated heterocycles. The number of unbranched alkanes of at least 4 members (excludes halogenated alkanes) is 3. The lowest BCUT2D eigenvalue weighted by Crippen LogP contribution is -2.05. The number of thiophene rings is 1. The van der Waals surface area contributed by atoms with Crippen LogP contribution in [0, 0.1) is 0 Å². The second kappa shape index (κ2) is 13.4. The van der Waals surface area contributed by atoms with Crippen molar-refractivity contribution >= 4 is 56.4 Å². The first-order valence-corrected chi connectivity index (χ1v) is 15.0. The van der Waals surface area contributed by atoms with Gasteiger partial charge in [0.25, 0.3) is 0 Å². The highest BCUT2D eigenvalue weighted by molar-refractivity contribution is 7.12. The van der Waals surface area contributed by atoms with Crippen LogP contribution in [0.3, 0.4) is 0 Å². The molecule has 0 unspecified atom stereocenters. The highest BCUT2D eigenvalue weighted by Gasteiger charge is 2.19. The van der Waals surface area contributed by atoms with Gasteiger partial charge in [-0.25, -0.2) is 9.59 Å². The van der Waals surface area contributed by atoms with Crippen molar-refractivity contribution in [3.8, 4) is 5.69 Å². The fourth-order valence-electron chi connectivity index (χ4n) is 5.05. The number of carbonyl (C=O) groups excluding carboxylic acids is 2. The Morgan fingerprint density at radius 2 is 1.60 bits per heavy atom. The predicted octanol–water partition coefficient (Wildman–Crippen LogP) is 8.40. The minimum Gasteiger partial charge on any atom is -0.318 e. The average Bonchev–Trinajstić information content (AvgIpc) is 3.66. The first-order chi connectivity index (χ1) is 20.5. The van der Waals surface area contributed by atoms with Gasteiger partial charge in [-0.1, -0.05) is 85.0 Å². The van der Waals surface area contributed by atoms with E-state index in [0.717, 1.165) is 74.8 Å². The van der Waals surface area contributed by atoms with E-state index in [4.69, 9.17) is 9.68 Å². The van der Waals surface area contributed by atoms with Gasteiger partial charge in [0.05, 0.1) is 16.1 Å². The number of aromatic nitrogens is 1. The molecule has 0 bridgehead atoms. The number of nitrogens with zero attached hydrogens (tertiary/aromatic N) is 3. The molecule has 3 aromatic carbocycles. The standard InChI is InChI=1S/C34H33N3O4S/c1-4-5-6-7-13-30(35-40-23(2)38)29-22-37(31-20-17-25-11-8-9-12-28(25)33(29)31)27-18-15-26(16-19-27)34(36-41-24(3)39)32-14-10-21-42-32/h8-12,14-22H,4-7,13H2,1-3H3/b35-30+,36-34-. The largest absolute Gasteiger partial charge is 0.332 e. The van der Waals surface area contributed by atoms with E-state index < -0.39 is 11.9 Å². The lowest BCUT2D eigenvalue weighted by Gasteiger charge is -2.09. The molecule has 0 aliphatic rings. The van der Waals surface area contributed by atoms with Crippen molar-refractivity contribution in [1.29, 1.82) is 0 Å². The summed E-state index contributed by atoms with van der Waals surface area (Å²) in [7, 11) is 0. The molecular weight excluding hydrogens is 546 g/mol. The van der Waals surface area contributed by atoms with Crippen molar-refractivity contribution in [2.24, 2.45) is 10.3 Å². The molecule has 0 radical (unpaired) electrons. The Hall–Kier alpha value is -4.56. The number of carbonyl (C=O) groups is 2. The second-order valence-corrected chi connectivity index (χ2v) is 11.0. The van der Waals surface area contributed by atoms with E-state index in [-0.39, 0.29) is 0 Å². The molecule has 0 aliphatic heterocycles. The fourth-order valence-corrected chi connectivity index (χ4v) is 5.78. The summed E-state index contributed by atoms with van der Waals surface area (Å²) in [6.07, 6.45) is 7.10. The Bertz CT molecular complexity index is 1770. The van der Waals surface area contributed by atoms with Gasteiger partial charge < -0.3 is 14.2 Å². The van der Waals surface area contributed by atoms with Gasteiger partial charge in [0.2, 0.25) is 0 Å². The molecule has 7 nitrogen and oxygen atoms in total. The lowest BCUT2D eigenvalue weighted by atomic mass is 9.98. The van der Waals surface area contributed by atoms with E-state index in [0.29, 0.717) is 12.1 Å². The molecule has 0 N–H and O–H groups in total. The molecule has 0 amide bonds. The third-order valence-corrected chi connectivity index (χ3v) is 7.87. The minimum atomic E-state index is -0.472. The van der Waals surface area contributed by atoms with Crippen LogP contribution < -0.4 is 0 Å². The van der Waals surface area contributed by atoms with Gasteiger partial charge in [-0.15, -0.1) is 11.3 Å². The van der Waals surface area contributed by atoms with Crippen molar-refractivity contribution in [3.05, 3.63) is 100 Å². The summed E-state index contributed by atoms with van der Waals surface area (Å²) in [5, 5.41) is 13.8. The van der Waals surface area contributed by atoms with E-state index in [2.05, 4.69) is 52.3 Å². The molecule has 0 saturated carbocycles. The number of hydrogen-bond donors (Lipinski definition) is 0. The quantitative estimate of drug-likeness (QED) is 0.0681. The van der Waals surface area contributed by atoms with Crippen molar-refractivity contribution in [3.63, 3.8) is 0 Å². The van der Waals surface area contributed by atoms with Crippen LogP contribution in [0.4, 0.5) is 0 Å². The zero-order chi connectivity index (χ0) is 29.5. The first kappa shape index (κ1) is 29.0. The molecule has 5 aromatic rings. The first-order valence-electron chi connectivity index (χ1n) is 14.1. The molecule has 0 fully saturated rings. The average molecular weight is 580 g/mol. The molecule has 0 aliphatic carbocycles. The number of rotatable bonds is 11. The van der Waals surface area contributed by atoms with E-state index >= 15 is 0 Å². The molecule has 0 atom stereocenters. The lowest BCUT2D eigenvalue weighted by molar-refractivity contribution is -0.141. The molecule has 2 heterocycles. The molecule has 42 heavy (non-hydrogen) atoms. The maximum Gasteiger partial charge on any atom is 0.332 e. The Morgan fingerprint density at radius 3 is 2.31 bits per heavy atom. The summed E-state index contributed by atoms with van der Waals surface area (Å²) in [5.41, 5.74) is 5.09. The zero-order valence-corrected chi connectivity index (χ0v) is 24.8. The van der Waals surface area contributed by atoms with E-state index in [9.17, 15) is 9.59 Å². The monoisotopic (exact) mass is 579 g/mol. The van der Waals surface area contributed by atoms with Gasteiger partial charge in [0, 0.05) is 42.2 Å². The molecule has 2 aromatic heterocycles. The van der Waals surface area contributed by atoms with Crippen molar-refractivity contribution in [2.45, 2.75) is 52.9 Å². The minimum absolute atomic E-state index is 0.442. The van der Waals surface area contributed by atoms with Crippen LogP contribution in [-0.4, -0.2) is 27.9 Å². The van der Waals surface area contributed by atoms with Crippen molar-refractivity contribution in [1.82, 2.24) is 4.57 Å². The SMILES string of the molecule is CCCCCC/C(=N\OC(C)=O)c1cn(-c2ccc(/C(=N/OC(C)=O)c3cccs3)cc2)c2ccc3ccccc3c12. The maximum absolute atomic E-state index is 11.7. The van der Waals surface area contributed by atoms with Crippen LogP contribution in [0.2, 0.25) is 0 Å². The summed E-state index contributed by atoms with van der Waals surface area (Å²) in [6.45, 7) is 4.89. The number of fused-ring (bicyclic) bond motifs is 3. The van der Waals surface area contributed by atoms with Crippen LogP contribution in [-0.2, 0) is 19.3 Å². The van der Waals surface area contributed by atoms with Crippen molar-refractivity contribution in [2.75, 3.05) is 0 Å².